The van der Waals surface area contributed by atoms with Crippen LogP contribution in [0.3, 0.4) is 0 Å². The van der Waals surface area contributed by atoms with E-state index in [1.807, 2.05) is 25.4 Å². The van der Waals surface area contributed by atoms with Gasteiger partial charge in [0.1, 0.15) is 0 Å². The summed E-state index contributed by atoms with van der Waals surface area (Å²) in [5, 5.41) is 6.32. The van der Waals surface area contributed by atoms with E-state index in [1.54, 1.807) is 7.11 Å². The Morgan fingerprint density at radius 3 is 3.07 bits per heavy atom. The van der Waals surface area contributed by atoms with Crippen molar-refractivity contribution < 1.29 is 4.74 Å². The van der Waals surface area contributed by atoms with E-state index in [0.29, 0.717) is 6.61 Å². The molecule has 0 aliphatic heterocycles. The molecule has 14 heavy (non-hydrogen) atoms. The minimum Gasteiger partial charge on any atom is -0.383 e. The Morgan fingerprint density at radius 2 is 2.36 bits per heavy atom. The number of methoxy groups -OCH3 is 1. The highest BCUT2D eigenvalue weighted by molar-refractivity contribution is 5.43. The predicted octanol–water partition coefficient (Wildman–Crippen LogP) is 0.859. The van der Waals surface area contributed by atoms with Crippen LogP contribution in [0.5, 0.6) is 0 Å². The molecule has 1 aromatic rings. The van der Waals surface area contributed by atoms with E-state index in [0.717, 1.165) is 24.5 Å². The Kier molecular flexibility index (Phi) is 4.96. The van der Waals surface area contributed by atoms with Crippen molar-refractivity contribution in [2.75, 3.05) is 32.6 Å². The van der Waals surface area contributed by atoms with Crippen LogP contribution in [-0.4, -0.2) is 32.3 Å². The van der Waals surface area contributed by atoms with Crippen LogP contribution in [0.4, 0.5) is 5.69 Å². The number of ether oxygens (including phenoxy) is 1. The van der Waals surface area contributed by atoms with Crippen molar-refractivity contribution in [2.45, 2.75) is 6.54 Å². The lowest BCUT2D eigenvalue weighted by Gasteiger charge is -2.06. The van der Waals surface area contributed by atoms with Gasteiger partial charge in [-0.3, -0.25) is 4.98 Å². The highest BCUT2D eigenvalue weighted by atomic mass is 16.5. The van der Waals surface area contributed by atoms with Gasteiger partial charge in [0.15, 0.2) is 0 Å². The van der Waals surface area contributed by atoms with Crippen LogP contribution >= 0.6 is 0 Å². The fourth-order valence-electron chi connectivity index (χ4n) is 1.16. The molecule has 2 N–H and O–H groups in total. The van der Waals surface area contributed by atoms with E-state index < -0.39 is 0 Å². The van der Waals surface area contributed by atoms with Crippen molar-refractivity contribution in [3.05, 3.63) is 24.0 Å². The van der Waals surface area contributed by atoms with Crippen LogP contribution in [-0.2, 0) is 11.3 Å². The standard InChI is InChI=1S/C10H17N3O/c1-11-8-10-7-9(3-4-12-10)13-5-6-14-2/h3-4,7,11H,5-6,8H2,1-2H3,(H,12,13). The molecular weight excluding hydrogens is 178 g/mol. The highest BCUT2D eigenvalue weighted by Crippen LogP contribution is 2.06. The summed E-state index contributed by atoms with van der Waals surface area (Å²) in [6, 6.07) is 3.99. The van der Waals surface area contributed by atoms with E-state index in [4.69, 9.17) is 4.74 Å². The van der Waals surface area contributed by atoms with Gasteiger partial charge in [0, 0.05) is 32.1 Å². The third-order valence-corrected chi connectivity index (χ3v) is 1.81. The average Bonchev–Trinajstić information content (AvgIpc) is 2.19. The second-order valence-corrected chi connectivity index (χ2v) is 2.99. The first-order valence-electron chi connectivity index (χ1n) is 4.69. The molecule has 0 aliphatic rings. The summed E-state index contributed by atoms with van der Waals surface area (Å²) in [6.07, 6.45) is 1.81. The van der Waals surface area contributed by atoms with Crippen molar-refractivity contribution in [1.82, 2.24) is 10.3 Å². The molecule has 0 atom stereocenters. The maximum atomic E-state index is 4.95. The lowest BCUT2D eigenvalue weighted by Crippen LogP contribution is -2.10. The van der Waals surface area contributed by atoms with E-state index >= 15 is 0 Å². The summed E-state index contributed by atoms with van der Waals surface area (Å²) in [4.78, 5) is 4.22. The molecule has 0 fully saturated rings. The van der Waals surface area contributed by atoms with Gasteiger partial charge < -0.3 is 15.4 Å². The summed E-state index contributed by atoms with van der Waals surface area (Å²) >= 11 is 0. The fourth-order valence-corrected chi connectivity index (χ4v) is 1.16. The molecule has 1 heterocycles. The van der Waals surface area contributed by atoms with Crippen molar-refractivity contribution >= 4 is 5.69 Å². The van der Waals surface area contributed by atoms with Gasteiger partial charge >= 0.3 is 0 Å². The lowest BCUT2D eigenvalue weighted by molar-refractivity contribution is 0.211. The minimum atomic E-state index is 0.712. The van der Waals surface area contributed by atoms with Gasteiger partial charge in [0.2, 0.25) is 0 Å². The van der Waals surface area contributed by atoms with Crippen LogP contribution in [0, 0.1) is 0 Å². The SMILES string of the molecule is CNCc1cc(NCCOC)ccn1. The van der Waals surface area contributed by atoms with Gasteiger partial charge in [-0.25, -0.2) is 0 Å². The van der Waals surface area contributed by atoms with Crippen molar-refractivity contribution in [3.8, 4) is 0 Å². The van der Waals surface area contributed by atoms with Crippen molar-refractivity contribution in [3.63, 3.8) is 0 Å². The number of hydrogen-bond donors (Lipinski definition) is 2. The molecule has 4 nitrogen and oxygen atoms in total. The summed E-state index contributed by atoms with van der Waals surface area (Å²) < 4.78 is 4.95. The zero-order chi connectivity index (χ0) is 10.2. The highest BCUT2D eigenvalue weighted by Gasteiger charge is 1.95. The molecule has 1 aromatic heterocycles. The summed E-state index contributed by atoms with van der Waals surface area (Å²) in [5.74, 6) is 0. The van der Waals surface area contributed by atoms with E-state index in [1.165, 1.54) is 0 Å². The molecule has 78 valence electrons. The molecule has 0 saturated carbocycles. The van der Waals surface area contributed by atoms with Crippen molar-refractivity contribution in [1.29, 1.82) is 0 Å². The monoisotopic (exact) mass is 195 g/mol. The number of nitrogens with zero attached hydrogens (tertiary/aromatic N) is 1. The van der Waals surface area contributed by atoms with Crippen LogP contribution in [0.2, 0.25) is 0 Å². The molecule has 0 saturated heterocycles. The Hall–Kier alpha value is -1.13. The van der Waals surface area contributed by atoms with E-state index in [2.05, 4.69) is 15.6 Å². The summed E-state index contributed by atoms with van der Waals surface area (Å²) in [7, 11) is 3.60. The van der Waals surface area contributed by atoms with Gasteiger partial charge in [-0.1, -0.05) is 0 Å². The number of hydrogen-bond acceptors (Lipinski definition) is 4. The largest absolute Gasteiger partial charge is 0.383 e. The van der Waals surface area contributed by atoms with Crippen molar-refractivity contribution in [2.24, 2.45) is 0 Å². The fraction of sp³-hybridized carbons (Fsp3) is 0.500. The zero-order valence-corrected chi connectivity index (χ0v) is 8.71. The Bertz CT molecular complexity index is 265. The quantitative estimate of drug-likeness (QED) is 0.661. The minimum absolute atomic E-state index is 0.712. The van der Waals surface area contributed by atoms with Crippen LogP contribution < -0.4 is 10.6 Å². The zero-order valence-electron chi connectivity index (χ0n) is 8.71. The summed E-state index contributed by atoms with van der Waals surface area (Å²) in [6.45, 7) is 2.32. The van der Waals surface area contributed by atoms with Crippen LogP contribution in [0.15, 0.2) is 18.3 Å². The van der Waals surface area contributed by atoms with E-state index in [-0.39, 0.29) is 0 Å². The first kappa shape index (κ1) is 10.9. The maximum absolute atomic E-state index is 4.95. The topological polar surface area (TPSA) is 46.2 Å². The molecule has 4 heteroatoms. The predicted molar refractivity (Wildman–Crippen MR) is 57.4 cm³/mol. The molecule has 0 aromatic carbocycles. The Balaban J connectivity index is 2.46. The van der Waals surface area contributed by atoms with Crippen LogP contribution in [0.1, 0.15) is 5.69 Å². The van der Waals surface area contributed by atoms with E-state index in [9.17, 15) is 0 Å². The normalized spacial score (nSPS) is 10.1. The second-order valence-electron chi connectivity index (χ2n) is 2.99. The lowest BCUT2D eigenvalue weighted by atomic mass is 10.3. The first-order chi connectivity index (χ1) is 6.86. The van der Waals surface area contributed by atoms with Gasteiger partial charge in [0.25, 0.3) is 0 Å². The second kappa shape index (κ2) is 6.34. The molecule has 1 rings (SSSR count). The summed E-state index contributed by atoms with van der Waals surface area (Å²) in [5.41, 5.74) is 2.12. The van der Waals surface area contributed by atoms with Crippen LogP contribution in [0.25, 0.3) is 0 Å². The molecule has 0 bridgehead atoms. The molecule has 0 amide bonds. The molecule has 0 unspecified atom stereocenters. The maximum Gasteiger partial charge on any atom is 0.0635 e. The smallest absolute Gasteiger partial charge is 0.0635 e. The van der Waals surface area contributed by atoms with Gasteiger partial charge in [-0.05, 0) is 19.2 Å². The number of anilines is 1. The first-order valence-corrected chi connectivity index (χ1v) is 4.69. The molecular formula is C10H17N3O. The molecule has 0 aliphatic carbocycles. The molecule has 0 spiro atoms. The third kappa shape index (κ3) is 3.72. The number of nitrogens with one attached hydrogen (secondary N) is 2. The van der Waals surface area contributed by atoms with Gasteiger partial charge in [0.05, 0.1) is 12.3 Å². The number of rotatable bonds is 6. The molecule has 0 radical (unpaired) electrons. The average molecular weight is 195 g/mol. The van der Waals surface area contributed by atoms with Gasteiger partial charge in [-0.2, -0.15) is 0 Å². The number of pyridine rings is 1. The Labute approximate surface area is 84.7 Å². The number of aromatic nitrogens is 1. The Morgan fingerprint density at radius 1 is 1.50 bits per heavy atom. The van der Waals surface area contributed by atoms with Gasteiger partial charge in [-0.15, -0.1) is 0 Å². The third-order valence-electron chi connectivity index (χ3n) is 1.81.